The van der Waals surface area contributed by atoms with Crippen molar-refractivity contribution >= 4 is 35.1 Å². The summed E-state index contributed by atoms with van der Waals surface area (Å²) in [6.45, 7) is 2.19. The average molecular weight is 316 g/mol. The molecular formula is C14H15Cl2NO3. The second-order valence-corrected chi connectivity index (χ2v) is 5.95. The van der Waals surface area contributed by atoms with Gasteiger partial charge < -0.3 is 10.4 Å². The third kappa shape index (κ3) is 2.76. The molecule has 20 heavy (non-hydrogen) atoms. The lowest BCUT2D eigenvalue weighted by Crippen LogP contribution is -2.38. The molecule has 1 amide bonds. The van der Waals surface area contributed by atoms with Crippen LogP contribution in [0.15, 0.2) is 18.2 Å². The van der Waals surface area contributed by atoms with Gasteiger partial charge in [-0.3, -0.25) is 9.59 Å². The Morgan fingerprint density at radius 2 is 1.90 bits per heavy atom. The molecule has 1 unspecified atom stereocenters. The molecule has 0 aromatic heterocycles. The normalized spacial score (nSPS) is 17.4. The van der Waals surface area contributed by atoms with E-state index in [0.29, 0.717) is 29.4 Å². The first kappa shape index (κ1) is 15.1. The lowest BCUT2D eigenvalue weighted by Gasteiger charge is -2.17. The third-order valence-corrected chi connectivity index (χ3v) is 4.31. The van der Waals surface area contributed by atoms with E-state index in [4.69, 9.17) is 28.3 Å². The molecule has 0 radical (unpaired) electrons. The molecule has 1 saturated carbocycles. The zero-order valence-corrected chi connectivity index (χ0v) is 12.5. The predicted molar refractivity (Wildman–Crippen MR) is 77.2 cm³/mol. The van der Waals surface area contributed by atoms with Gasteiger partial charge in [-0.05, 0) is 30.5 Å². The van der Waals surface area contributed by atoms with Crippen LogP contribution in [0.25, 0.3) is 0 Å². The molecule has 1 aromatic rings. The molecule has 0 saturated heterocycles. The standard InChI is InChI=1S/C14H15Cl2NO3/c1-8(11-9(15)3-2-4-10(11)16)7-17-12(18)14(5-6-14)13(19)20/h2-4,8H,5-7H2,1H3,(H,17,18)(H,19,20). The topological polar surface area (TPSA) is 66.4 Å². The maximum atomic E-state index is 11.9. The summed E-state index contributed by atoms with van der Waals surface area (Å²) < 4.78 is 0. The largest absolute Gasteiger partial charge is 0.480 e. The van der Waals surface area contributed by atoms with Crippen LogP contribution in [0.3, 0.4) is 0 Å². The van der Waals surface area contributed by atoms with Crippen LogP contribution in [0.5, 0.6) is 0 Å². The minimum Gasteiger partial charge on any atom is -0.480 e. The number of amides is 1. The van der Waals surface area contributed by atoms with Crippen molar-refractivity contribution in [2.45, 2.75) is 25.7 Å². The lowest BCUT2D eigenvalue weighted by molar-refractivity contribution is -0.149. The number of halogens is 2. The van der Waals surface area contributed by atoms with Crippen LogP contribution in [0.4, 0.5) is 0 Å². The molecule has 1 aliphatic rings. The van der Waals surface area contributed by atoms with E-state index < -0.39 is 17.3 Å². The molecule has 1 atom stereocenters. The number of carboxylic acid groups (broad SMARTS) is 1. The van der Waals surface area contributed by atoms with E-state index >= 15 is 0 Å². The van der Waals surface area contributed by atoms with Gasteiger partial charge >= 0.3 is 5.97 Å². The smallest absolute Gasteiger partial charge is 0.319 e. The quantitative estimate of drug-likeness (QED) is 0.821. The van der Waals surface area contributed by atoms with Crippen molar-refractivity contribution in [3.05, 3.63) is 33.8 Å². The maximum Gasteiger partial charge on any atom is 0.319 e. The summed E-state index contributed by atoms with van der Waals surface area (Å²) in [5.41, 5.74) is -0.458. The molecule has 0 bridgehead atoms. The number of rotatable bonds is 5. The van der Waals surface area contributed by atoms with E-state index in [1.165, 1.54) is 0 Å². The summed E-state index contributed by atoms with van der Waals surface area (Å²) in [6, 6.07) is 5.23. The molecule has 1 aliphatic carbocycles. The Kier molecular flexibility index (Phi) is 4.25. The third-order valence-electron chi connectivity index (χ3n) is 3.66. The number of carbonyl (C=O) groups excluding carboxylic acids is 1. The Balaban J connectivity index is 2.01. The number of carboxylic acids is 1. The van der Waals surface area contributed by atoms with E-state index in [9.17, 15) is 9.59 Å². The zero-order chi connectivity index (χ0) is 14.9. The fourth-order valence-corrected chi connectivity index (χ4v) is 2.93. The van der Waals surface area contributed by atoms with Crippen molar-refractivity contribution in [2.75, 3.05) is 6.54 Å². The Morgan fingerprint density at radius 3 is 2.35 bits per heavy atom. The van der Waals surface area contributed by atoms with Crippen LogP contribution < -0.4 is 5.32 Å². The summed E-state index contributed by atoms with van der Waals surface area (Å²) in [6.07, 6.45) is 0.796. The van der Waals surface area contributed by atoms with E-state index in [0.717, 1.165) is 5.56 Å². The van der Waals surface area contributed by atoms with E-state index in [-0.39, 0.29) is 5.92 Å². The van der Waals surface area contributed by atoms with Crippen molar-refractivity contribution in [1.29, 1.82) is 0 Å². The van der Waals surface area contributed by atoms with Crippen LogP contribution in [0.2, 0.25) is 10.0 Å². The molecule has 2 rings (SSSR count). The molecule has 108 valence electrons. The maximum absolute atomic E-state index is 11.9. The summed E-state index contributed by atoms with van der Waals surface area (Å²) in [7, 11) is 0. The van der Waals surface area contributed by atoms with E-state index in [1.807, 2.05) is 6.92 Å². The van der Waals surface area contributed by atoms with Crippen LogP contribution in [-0.2, 0) is 9.59 Å². The van der Waals surface area contributed by atoms with Gasteiger partial charge in [0, 0.05) is 22.5 Å². The molecule has 0 spiro atoms. The number of hydrogen-bond donors (Lipinski definition) is 2. The second kappa shape index (κ2) is 5.62. The van der Waals surface area contributed by atoms with Gasteiger partial charge in [0.15, 0.2) is 0 Å². The highest BCUT2D eigenvalue weighted by Crippen LogP contribution is 2.46. The van der Waals surface area contributed by atoms with Gasteiger partial charge in [0.25, 0.3) is 0 Å². The lowest BCUT2D eigenvalue weighted by atomic mass is 10.00. The first-order valence-corrected chi connectivity index (χ1v) is 7.09. The Labute approximate surface area is 127 Å². The first-order valence-electron chi connectivity index (χ1n) is 6.34. The SMILES string of the molecule is CC(CNC(=O)C1(C(=O)O)CC1)c1c(Cl)cccc1Cl. The Bertz CT molecular complexity index is 535. The van der Waals surface area contributed by atoms with E-state index in [1.54, 1.807) is 18.2 Å². The molecule has 0 heterocycles. The molecule has 1 aromatic carbocycles. The number of hydrogen-bond acceptors (Lipinski definition) is 2. The number of aliphatic carboxylic acids is 1. The van der Waals surface area contributed by atoms with Gasteiger partial charge in [-0.25, -0.2) is 0 Å². The first-order chi connectivity index (χ1) is 9.38. The summed E-state index contributed by atoms with van der Waals surface area (Å²) >= 11 is 12.2. The van der Waals surface area contributed by atoms with E-state index in [2.05, 4.69) is 5.32 Å². The highest BCUT2D eigenvalue weighted by molar-refractivity contribution is 6.36. The van der Waals surface area contributed by atoms with Crippen molar-refractivity contribution in [3.63, 3.8) is 0 Å². The summed E-state index contributed by atoms with van der Waals surface area (Å²) in [4.78, 5) is 23.0. The van der Waals surface area contributed by atoms with Gasteiger partial charge in [0.1, 0.15) is 5.41 Å². The van der Waals surface area contributed by atoms with Crippen LogP contribution in [-0.4, -0.2) is 23.5 Å². The van der Waals surface area contributed by atoms with Gasteiger partial charge in [-0.2, -0.15) is 0 Å². The van der Waals surface area contributed by atoms with Gasteiger partial charge in [0.05, 0.1) is 0 Å². The average Bonchev–Trinajstić information content (AvgIpc) is 3.17. The van der Waals surface area contributed by atoms with Crippen LogP contribution in [0.1, 0.15) is 31.2 Å². The molecule has 1 fully saturated rings. The van der Waals surface area contributed by atoms with Crippen LogP contribution >= 0.6 is 23.2 Å². The molecule has 0 aliphatic heterocycles. The Morgan fingerprint density at radius 1 is 1.35 bits per heavy atom. The van der Waals surface area contributed by atoms with Crippen molar-refractivity contribution in [2.24, 2.45) is 5.41 Å². The number of benzene rings is 1. The van der Waals surface area contributed by atoms with Crippen molar-refractivity contribution in [1.82, 2.24) is 5.32 Å². The molecule has 6 heteroatoms. The molecular weight excluding hydrogens is 301 g/mol. The van der Waals surface area contributed by atoms with Crippen molar-refractivity contribution in [3.8, 4) is 0 Å². The predicted octanol–water partition coefficient (Wildman–Crippen LogP) is 3.08. The molecule has 4 nitrogen and oxygen atoms in total. The highest BCUT2D eigenvalue weighted by Gasteiger charge is 2.56. The monoisotopic (exact) mass is 315 g/mol. The fraction of sp³-hybridized carbons (Fsp3) is 0.429. The molecule has 2 N–H and O–H groups in total. The fourth-order valence-electron chi connectivity index (χ4n) is 2.16. The Hall–Kier alpha value is -1.26. The van der Waals surface area contributed by atoms with Gasteiger partial charge in [-0.1, -0.05) is 36.2 Å². The summed E-state index contributed by atoms with van der Waals surface area (Å²) in [5, 5.41) is 12.8. The minimum absolute atomic E-state index is 0.0928. The highest BCUT2D eigenvalue weighted by atomic mass is 35.5. The van der Waals surface area contributed by atoms with Crippen LogP contribution in [0, 0.1) is 5.41 Å². The van der Waals surface area contributed by atoms with Gasteiger partial charge in [0.2, 0.25) is 5.91 Å². The minimum atomic E-state index is -1.22. The second-order valence-electron chi connectivity index (χ2n) is 5.13. The summed E-state index contributed by atoms with van der Waals surface area (Å²) in [5.74, 6) is -1.58. The van der Waals surface area contributed by atoms with Gasteiger partial charge in [-0.15, -0.1) is 0 Å². The zero-order valence-electron chi connectivity index (χ0n) is 11.0. The number of nitrogens with one attached hydrogen (secondary N) is 1. The van der Waals surface area contributed by atoms with Crippen molar-refractivity contribution < 1.29 is 14.7 Å². The number of carbonyl (C=O) groups is 2.